The van der Waals surface area contributed by atoms with Crippen molar-refractivity contribution in [2.24, 2.45) is 14.1 Å². The normalized spacial score (nSPS) is 10.6. The van der Waals surface area contributed by atoms with Crippen LogP contribution in [0.4, 0.5) is 10.1 Å². The number of aromatic nitrogens is 4. The molecule has 3 aromatic rings. The molecule has 2 heterocycles. The van der Waals surface area contributed by atoms with Crippen LogP contribution in [0.15, 0.2) is 42.9 Å². The maximum Gasteiger partial charge on any atom is 0.271 e. The molecular formula is C17H17FN6O2. The van der Waals surface area contributed by atoms with Gasteiger partial charge in [0.25, 0.3) is 11.8 Å². The number of carbonyl (C=O) groups excluding carboxylic acids is 2. The molecule has 2 aromatic heterocycles. The minimum Gasteiger partial charge on any atom is -0.346 e. The van der Waals surface area contributed by atoms with Crippen molar-refractivity contribution in [3.05, 3.63) is 65.5 Å². The summed E-state index contributed by atoms with van der Waals surface area (Å²) >= 11 is 0. The van der Waals surface area contributed by atoms with Crippen LogP contribution >= 0.6 is 0 Å². The second kappa shape index (κ2) is 7.18. The molecule has 0 saturated heterocycles. The highest BCUT2D eigenvalue weighted by Crippen LogP contribution is 2.16. The van der Waals surface area contributed by atoms with Gasteiger partial charge in [-0.15, -0.1) is 0 Å². The highest BCUT2D eigenvalue weighted by molar-refractivity contribution is 6.08. The van der Waals surface area contributed by atoms with Crippen LogP contribution in [0.25, 0.3) is 0 Å². The number of hydrogen-bond donors (Lipinski definition) is 2. The molecule has 2 N–H and O–H groups in total. The molecule has 0 unspecified atom stereocenters. The first-order valence-electron chi connectivity index (χ1n) is 7.78. The lowest BCUT2D eigenvalue weighted by Gasteiger charge is -2.08. The first-order valence-corrected chi connectivity index (χ1v) is 7.78. The number of amides is 2. The van der Waals surface area contributed by atoms with E-state index in [-0.39, 0.29) is 23.5 Å². The van der Waals surface area contributed by atoms with E-state index < -0.39 is 17.6 Å². The lowest BCUT2D eigenvalue weighted by Crippen LogP contribution is -2.26. The van der Waals surface area contributed by atoms with Crippen LogP contribution < -0.4 is 10.6 Å². The van der Waals surface area contributed by atoms with E-state index >= 15 is 0 Å². The van der Waals surface area contributed by atoms with Crippen LogP contribution in [0.3, 0.4) is 0 Å². The zero-order chi connectivity index (χ0) is 18.7. The zero-order valence-corrected chi connectivity index (χ0v) is 14.2. The monoisotopic (exact) mass is 356 g/mol. The van der Waals surface area contributed by atoms with E-state index in [0.717, 1.165) is 11.6 Å². The molecule has 0 atom stereocenters. The van der Waals surface area contributed by atoms with Crippen LogP contribution in [0.5, 0.6) is 0 Å². The highest BCUT2D eigenvalue weighted by atomic mass is 19.1. The fourth-order valence-electron chi connectivity index (χ4n) is 2.45. The third-order valence-electron chi connectivity index (χ3n) is 3.70. The molecule has 0 radical (unpaired) electrons. The average molecular weight is 356 g/mol. The van der Waals surface area contributed by atoms with Gasteiger partial charge in [-0.25, -0.2) is 4.39 Å². The Bertz CT molecular complexity index is 962. The highest BCUT2D eigenvalue weighted by Gasteiger charge is 2.19. The largest absolute Gasteiger partial charge is 0.346 e. The Morgan fingerprint density at radius 1 is 1.15 bits per heavy atom. The van der Waals surface area contributed by atoms with Gasteiger partial charge in [0.15, 0.2) is 0 Å². The first kappa shape index (κ1) is 17.3. The Hall–Kier alpha value is -3.49. The maximum absolute atomic E-state index is 13.3. The molecular weight excluding hydrogens is 339 g/mol. The molecule has 9 heteroatoms. The van der Waals surface area contributed by atoms with Crippen LogP contribution in [0, 0.1) is 5.82 Å². The van der Waals surface area contributed by atoms with E-state index in [2.05, 4.69) is 20.8 Å². The number of nitrogens with zero attached hydrogens (tertiary/aromatic N) is 4. The van der Waals surface area contributed by atoms with E-state index in [0.29, 0.717) is 0 Å². The molecule has 0 bridgehead atoms. The second-order valence-electron chi connectivity index (χ2n) is 5.70. The number of nitrogens with one attached hydrogen (secondary N) is 2. The van der Waals surface area contributed by atoms with Crippen molar-refractivity contribution in [2.45, 2.75) is 6.54 Å². The SMILES string of the molecule is Cn1cc(CNC(=O)c2c(NC(=O)c3cccc(F)c3)cnn2C)cn1. The fraction of sp³-hybridized carbons (Fsp3) is 0.176. The van der Waals surface area contributed by atoms with E-state index in [1.807, 2.05) is 0 Å². The summed E-state index contributed by atoms with van der Waals surface area (Å²) in [7, 11) is 3.38. The summed E-state index contributed by atoms with van der Waals surface area (Å²) in [5, 5.41) is 13.4. The lowest BCUT2D eigenvalue weighted by atomic mass is 10.2. The van der Waals surface area contributed by atoms with E-state index in [1.54, 1.807) is 31.2 Å². The van der Waals surface area contributed by atoms with Crippen LogP contribution in [0.1, 0.15) is 26.4 Å². The van der Waals surface area contributed by atoms with Gasteiger partial charge in [-0.2, -0.15) is 10.2 Å². The van der Waals surface area contributed by atoms with Gasteiger partial charge in [0.1, 0.15) is 11.5 Å². The van der Waals surface area contributed by atoms with Gasteiger partial charge < -0.3 is 10.6 Å². The number of anilines is 1. The molecule has 0 fully saturated rings. The summed E-state index contributed by atoms with van der Waals surface area (Å²) in [6, 6.07) is 5.29. The van der Waals surface area contributed by atoms with Crippen LogP contribution in [-0.4, -0.2) is 31.4 Å². The standard InChI is InChI=1S/C17H17FN6O2/c1-23-10-11(8-20-23)7-19-17(26)15-14(9-21-24(15)2)22-16(25)12-4-3-5-13(18)6-12/h3-6,8-10H,7H2,1-2H3,(H,19,26)(H,22,25). The summed E-state index contributed by atoms with van der Waals surface area (Å²) in [5.41, 5.74) is 1.42. The zero-order valence-electron chi connectivity index (χ0n) is 14.2. The molecule has 26 heavy (non-hydrogen) atoms. The number of halogens is 1. The Kier molecular flexibility index (Phi) is 4.78. The predicted octanol–water partition coefficient (Wildman–Crippen LogP) is 1.47. The van der Waals surface area contributed by atoms with Crippen molar-refractivity contribution in [3.63, 3.8) is 0 Å². The first-order chi connectivity index (χ1) is 12.4. The molecule has 0 saturated carbocycles. The number of aryl methyl sites for hydroxylation is 2. The minimum absolute atomic E-state index is 0.149. The maximum atomic E-state index is 13.3. The van der Waals surface area contributed by atoms with Gasteiger partial charge in [0, 0.05) is 38.0 Å². The van der Waals surface area contributed by atoms with Crippen molar-refractivity contribution < 1.29 is 14.0 Å². The van der Waals surface area contributed by atoms with Gasteiger partial charge in [0.2, 0.25) is 0 Å². The second-order valence-corrected chi connectivity index (χ2v) is 5.70. The number of rotatable bonds is 5. The van der Waals surface area contributed by atoms with E-state index in [1.165, 1.54) is 29.1 Å². The number of hydrogen-bond acceptors (Lipinski definition) is 4. The van der Waals surface area contributed by atoms with E-state index in [4.69, 9.17) is 0 Å². The molecule has 2 amide bonds. The smallest absolute Gasteiger partial charge is 0.271 e. The van der Waals surface area contributed by atoms with Gasteiger partial charge in [0.05, 0.1) is 18.1 Å². The molecule has 0 aliphatic rings. The third kappa shape index (κ3) is 3.77. The lowest BCUT2D eigenvalue weighted by molar-refractivity contribution is 0.0942. The Labute approximate surface area is 148 Å². The fourth-order valence-corrected chi connectivity index (χ4v) is 2.45. The summed E-state index contributed by atoms with van der Waals surface area (Å²) in [6.45, 7) is 0.287. The van der Waals surface area contributed by atoms with Gasteiger partial charge in [-0.3, -0.25) is 19.0 Å². The van der Waals surface area contributed by atoms with Crippen molar-refractivity contribution >= 4 is 17.5 Å². The van der Waals surface area contributed by atoms with Gasteiger partial charge >= 0.3 is 0 Å². The number of carbonyl (C=O) groups is 2. The molecule has 134 valence electrons. The molecule has 3 rings (SSSR count). The summed E-state index contributed by atoms with van der Waals surface area (Å²) in [5.74, 6) is -1.44. The number of benzene rings is 1. The van der Waals surface area contributed by atoms with E-state index in [9.17, 15) is 14.0 Å². The molecule has 0 aliphatic heterocycles. The Morgan fingerprint density at radius 3 is 2.65 bits per heavy atom. The molecule has 0 aliphatic carbocycles. The van der Waals surface area contributed by atoms with Crippen molar-refractivity contribution in [1.82, 2.24) is 24.9 Å². The summed E-state index contributed by atoms with van der Waals surface area (Å²) < 4.78 is 16.3. The van der Waals surface area contributed by atoms with Crippen molar-refractivity contribution in [3.8, 4) is 0 Å². The predicted molar refractivity (Wildman–Crippen MR) is 91.9 cm³/mol. The van der Waals surface area contributed by atoms with Crippen LogP contribution in [-0.2, 0) is 20.6 Å². The topological polar surface area (TPSA) is 93.8 Å². The van der Waals surface area contributed by atoms with Crippen molar-refractivity contribution in [2.75, 3.05) is 5.32 Å². The Morgan fingerprint density at radius 2 is 1.96 bits per heavy atom. The molecule has 8 nitrogen and oxygen atoms in total. The minimum atomic E-state index is -0.529. The van der Waals surface area contributed by atoms with Gasteiger partial charge in [-0.05, 0) is 18.2 Å². The third-order valence-corrected chi connectivity index (χ3v) is 3.70. The molecule has 0 spiro atoms. The van der Waals surface area contributed by atoms with Gasteiger partial charge in [-0.1, -0.05) is 6.07 Å². The summed E-state index contributed by atoms with van der Waals surface area (Å²) in [6.07, 6.45) is 4.81. The Balaban J connectivity index is 1.73. The molecule has 1 aromatic carbocycles. The van der Waals surface area contributed by atoms with Crippen molar-refractivity contribution in [1.29, 1.82) is 0 Å². The summed E-state index contributed by atoms with van der Waals surface area (Å²) in [4.78, 5) is 24.8. The van der Waals surface area contributed by atoms with Crippen LogP contribution in [0.2, 0.25) is 0 Å². The quantitative estimate of drug-likeness (QED) is 0.724. The average Bonchev–Trinajstić information content (AvgIpc) is 3.18.